The van der Waals surface area contributed by atoms with Crippen LogP contribution in [-0.2, 0) is 10.9 Å². The summed E-state index contributed by atoms with van der Waals surface area (Å²) in [7, 11) is 0. The van der Waals surface area contributed by atoms with Crippen molar-refractivity contribution < 1.29 is 17.9 Å². The predicted molar refractivity (Wildman–Crippen MR) is 85.8 cm³/mol. The molecule has 0 amide bonds. The van der Waals surface area contributed by atoms with Gasteiger partial charge in [0.05, 0.1) is 6.10 Å². The fourth-order valence-corrected chi connectivity index (χ4v) is 4.09. The largest absolute Gasteiger partial charge is 0.433 e. The molecule has 0 radical (unpaired) electrons. The highest BCUT2D eigenvalue weighted by Crippen LogP contribution is 2.38. The van der Waals surface area contributed by atoms with Gasteiger partial charge < -0.3 is 4.74 Å². The quantitative estimate of drug-likeness (QED) is 0.818. The average Bonchev–Trinajstić information content (AvgIpc) is 3.09. The van der Waals surface area contributed by atoms with Gasteiger partial charge in [-0.1, -0.05) is 6.07 Å². The highest BCUT2D eigenvalue weighted by Gasteiger charge is 2.38. The summed E-state index contributed by atoms with van der Waals surface area (Å²) in [5, 5.41) is 0. The third-order valence-corrected chi connectivity index (χ3v) is 5.22. The molecular formula is C18H25F3N2O. The number of ether oxygens (including phenoxy) is 1. The lowest BCUT2D eigenvalue weighted by Crippen LogP contribution is -2.47. The third-order valence-electron chi connectivity index (χ3n) is 5.22. The van der Waals surface area contributed by atoms with Gasteiger partial charge >= 0.3 is 6.18 Å². The van der Waals surface area contributed by atoms with Crippen LogP contribution in [0.2, 0.25) is 0 Å². The molecule has 1 aromatic rings. The van der Waals surface area contributed by atoms with Crippen molar-refractivity contribution in [1.82, 2.24) is 9.88 Å². The molecule has 0 N–H and O–H groups in total. The molecule has 1 saturated heterocycles. The van der Waals surface area contributed by atoms with Gasteiger partial charge in [-0.3, -0.25) is 4.90 Å². The fraction of sp³-hybridized carbons (Fsp3) is 0.722. The Balaban J connectivity index is 1.77. The molecule has 1 aliphatic heterocycles. The van der Waals surface area contributed by atoms with E-state index >= 15 is 0 Å². The van der Waals surface area contributed by atoms with Crippen molar-refractivity contribution in [2.45, 2.75) is 63.3 Å². The van der Waals surface area contributed by atoms with E-state index in [1.165, 1.54) is 18.9 Å². The van der Waals surface area contributed by atoms with Gasteiger partial charge in [-0.25, -0.2) is 4.98 Å². The smallest absolute Gasteiger partial charge is 0.377 e. The highest BCUT2D eigenvalue weighted by molar-refractivity contribution is 5.18. The van der Waals surface area contributed by atoms with Crippen LogP contribution in [0.4, 0.5) is 13.2 Å². The van der Waals surface area contributed by atoms with Crippen molar-refractivity contribution in [2.24, 2.45) is 0 Å². The Hall–Kier alpha value is -1.14. The molecule has 1 aliphatic carbocycles. The number of aromatic nitrogens is 1. The molecule has 24 heavy (non-hydrogen) atoms. The molecule has 3 nitrogen and oxygen atoms in total. The maximum absolute atomic E-state index is 12.9. The molecule has 0 unspecified atom stereocenters. The topological polar surface area (TPSA) is 25.4 Å². The minimum Gasteiger partial charge on any atom is -0.377 e. The Kier molecular flexibility index (Phi) is 5.45. The second-order valence-corrected chi connectivity index (χ2v) is 6.76. The lowest BCUT2D eigenvalue weighted by Gasteiger charge is -2.40. The number of nitrogens with zero attached hydrogens (tertiary/aromatic N) is 2. The lowest BCUT2D eigenvalue weighted by atomic mass is 9.81. The van der Waals surface area contributed by atoms with Crippen LogP contribution in [0.1, 0.15) is 56.3 Å². The van der Waals surface area contributed by atoms with E-state index in [0.717, 1.165) is 38.4 Å². The standard InChI is InChI=1S/C18H25F3N2O/c1-2-24-16-9-8-13(12-15(16)23-10-3-4-11-23)14-6-5-7-17(22-14)18(19,20)21/h5-7,13,15-16H,2-4,8-12H2,1H3/t13-,15-,16-/m0/s1. The van der Waals surface area contributed by atoms with Gasteiger partial charge in [0.15, 0.2) is 0 Å². The van der Waals surface area contributed by atoms with E-state index in [2.05, 4.69) is 9.88 Å². The molecule has 2 aliphatic rings. The number of rotatable bonds is 4. The Morgan fingerprint density at radius 1 is 1.21 bits per heavy atom. The monoisotopic (exact) mass is 342 g/mol. The van der Waals surface area contributed by atoms with E-state index in [1.54, 1.807) is 6.07 Å². The predicted octanol–water partition coefficient (Wildman–Crippen LogP) is 4.24. The molecule has 6 heteroatoms. The number of pyridine rings is 1. The van der Waals surface area contributed by atoms with E-state index in [-0.39, 0.29) is 12.0 Å². The summed E-state index contributed by atoms with van der Waals surface area (Å²) in [6.07, 6.45) is 0.756. The van der Waals surface area contributed by atoms with Crippen LogP contribution in [0, 0.1) is 0 Å². The Labute approximate surface area is 141 Å². The van der Waals surface area contributed by atoms with Gasteiger partial charge in [0, 0.05) is 24.3 Å². The number of halogens is 3. The second-order valence-electron chi connectivity index (χ2n) is 6.76. The maximum Gasteiger partial charge on any atom is 0.433 e. The van der Waals surface area contributed by atoms with Crippen molar-refractivity contribution >= 4 is 0 Å². The molecule has 2 heterocycles. The molecular weight excluding hydrogens is 317 g/mol. The summed E-state index contributed by atoms with van der Waals surface area (Å²) < 4.78 is 44.7. The lowest BCUT2D eigenvalue weighted by molar-refractivity contribution is -0.141. The zero-order chi connectivity index (χ0) is 17.2. The van der Waals surface area contributed by atoms with Gasteiger partial charge in [-0.15, -0.1) is 0 Å². The molecule has 0 aromatic carbocycles. The van der Waals surface area contributed by atoms with Crippen LogP contribution in [0.25, 0.3) is 0 Å². The first-order valence-electron chi connectivity index (χ1n) is 8.89. The van der Waals surface area contributed by atoms with Gasteiger partial charge in [-0.2, -0.15) is 13.2 Å². The number of hydrogen-bond donors (Lipinski definition) is 0. The van der Waals surface area contributed by atoms with Crippen LogP contribution >= 0.6 is 0 Å². The maximum atomic E-state index is 12.9. The molecule has 3 atom stereocenters. The van der Waals surface area contributed by atoms with Gasteiger partial charge in [-0.05, 0) is 64.3 Å². The van der Waals surface area contributed by atoms with Gasteiger partial charge in [0.25, 0.3) is 0 Å². The van der Waals surface area contributed by atoms with E-state index < -0.39 is 11.9 Å². The van der Waals surface area contributed by atoms with Crippen molar-refractivity contribution in [1.29, 1.82) is 0 Å². The summed E-state index contributed by atoms with van der Waals surface area (Å²) in [6.45, 7) is 4.82. The summed E-state index contributed by atoms with van der Waals surface area (Å²) in [5.41, 5.74) is -0.214. The van der Waals surface area contributed by atoms with Crippen molar-refractivity contribution in [3.8, 4) is 0 Å². The average molecular weight is 342 g/mol. The SMILES string of the molecule is CCO[C@H]1CC[C@H](c2cccc(C(F)(F)F)n2)C[C@@H]1N1CCCC1. The van der Waals surface area contributed by atoms with E-state index in [9.17, 15) is 13.2 Å². The van der Waals surface area contributed by atoms with Gasteiger partial charge in [0.2, 0.25) is 0 Å². The first-order chi connectivity index (χ1) is 11.5. The minimum atomic E-state index is -4.38. The Morgan fingerprint density at radius 3 is 2.62 bits per heavy atom. The van der Waals surface area contributed by atoms with Crippen LogP contribution in [0.5, 0.6) is 0 Å². The zero-order valence-corrected chi connectivity index (χ0v) is 14.1. The second kappa shape index (κ2) is 7.40. The van der Waals surface area contributed by atoms with Crippen LogP contribution in [0.3, 0.4) is 0 Å². The zero-order valence-electron chi connectivity index (χ0n) is 14.1. The third kappa shape index (κ3) is 3.91. The Bertz CT molecular complexity index is 543. The minimum absolute atomic E-state index is 0.0783. The number of alkyl halides is 3. The Morgan fingerprint density at radius 2 is 1.96 bits per heavy atom. The molecule has 1 aromatic heterocycles. The molecule has 3 rings (SSSR count). The summed E-state index contributed by atoms with van der Waals surface area (Å²) in [6, 6.07) is 4.56. The van der Waals surface area contributed by atoms with Crippen molar-refractivity contribution in [3.05, 3.63) is 29.6 Å². The summed E-state index contributed by atoms with van der Waals surface area (Å²) in [5.74, 6) is 0.0783. The molecule has 0 bridgehead atoms. The first kappa shape index (κ1) is 17.7. The van der Waals surface area contributed by atoms with Gasteiger partial charge in [0.1, 0.15) is 5.69 Å². The highest BCUT2D eigenvalue weighted by atomic mass is 19.4. The fourth-order valence-electron chi connectivity index (χ4n) is 4.09. The van der Waals surface area contributed by atoms with E-state index in [0.29, 0.717) is 18.3 Å². The van der Waals surface area contributed by atoms with E-state index in [4.69, 9.17) is 4.74 Å². The molecule has 1 saturated carbocycles. The molecule has 2 fully saturated rings. The summed E-state index contributed by atoms with van der Waals surface area (Å²) >= 11 is 0. The van der Waals surface area contributed by atoms with E-state index in [1.807, 2.05) is 6.92 Å². The van der Waals surface area contributed by atoms with Crippen molar-refractivity contribution in [3.63, 3.8) is 0 Å². The first-order valence-corrected chi connectivity index (χ1v) is 8.89. The number of hydrogen-bond acceptors (Lipinski definition) is 3. The number of likely N-dealkylation sites (tertiary alicyclic amines) is 1. The van der Waals surface area contributed by atoms with Crippen molar-refractivity contribution in [2.75, 3.05) is 19.7 Å². The summed E-state index contributed by atoms with van der Waals surface area (Å²) in [4.78, 5) is 6.37. The molecule has 0 spiro atoms. The van der Waals surface area contributed by atoms with Crippen LogP contribution in [-0.4, -0.2) is 41.7 Å². The normalized spacial score (nSPS) is 29.1. The van der Waals surface area contributed by atoms with Crippen LogP contribution in [0.15, 0.2) is 18.2 Å². The molecule has 134 valence electrons. The van der Waals surface area contributed by atoms with Crippen LogP contribution < -0.4 is 0 Å².